The first-order chi connectivity index (χ1) is 8.13. The van der Waals surface area contributed by atoms with Crippen LogP contribution in [0.1, 0.15) is 19.4 Å². The highest BCUT2D eigenvalue weighted by molar-refractivity contribution is 5.83. The molecular formula is C13H16O4. The number of carbonyl (C=O) groups excluding carboxylic acids is 2. The molecule has 1 aromatic rings. The maximum Gasteiger partial charge on any atom is 0.516 e. The molecule has 0 bridgehead atoms. The SMILES string of the molecule is CCOC(=O)OC(=O)[C@@H](C)Cc1ccccc1. The molecule has 0 saturated carbocycles. The molecular weight excluding hydrogens is 220 g/mol. The number of hydrogen-bond acceptors (Lipinski definition) is 4. The lowest BCUT2D eigenvalue weighted by Gasteiger charge is -2.09. The van der Waals surface area contributed by atoms with Crippen molar-refractivity contribution in [2.75, 3.05) is 6.61 Å². The Bertz CT molecular complexity index is 372. The normalized spacial score (nSPS) is 11.6. The second-order valence-electron chi connectivity index (χ2n) is 3.69. The average molecular weight is 236 g/mol. The molecule has 17 heavy (non-hydrogen) atoms. The van der Waals surface area contributed by atoms with Crippen LogP contribution in [0.25, 0.3) is 0 Å². The van der Waals surface area contributed by atoms with Crippen LogP contribution in [0.4, 0.5) is 4.79 Å². The molecule has 1 atom stereocenters. The van der Waals surface area contributed by atoms with Gasteiger partial charge in [0.25, 0.3) is 0 Å². The van der Waals surface area contributed by atoms with E-state index in [9.17, 15) is 9.59 Å². The lowest BCUT2D eigenvalue weighted by atomic mass is 10.0. The maximum absolute atomic E-state index is 11.5. The van der Waals surface area contributed by atoms with E-state index in [-0.39, 0.29) is 12.5 Å². The summed E-state index contributed by atoms with van der Waals surface area (Å²) in [4.78, 5) is 22.5. The molecule has 0 aliphatic heterocycles. The van der Waals surface area contributed by atoms with Gasteiger partial charge in [-0.05, 0) is 18.9 Å². The molecule has 0 N–H and O–H groups in total. The van der Waals surface area contributed by atoms with Crippen LogP contribution >= 0.6 is 0 Å². The van der Waals surface area contributed by atoms with Crippen molar-refractivity contribution in [1.82, 2.24) is 0 Å². The van der Waals surface area contributed by atoms with E-state index in [4.69, 9.17) is 0 Å². The number of carbonyl (C=O) groups is 2. The Morgan fingerprint density at radius 2 is 1.88 bits per heavy atom. The van der Waals surface area contributed by atoms with E-state index in [1.165, 1.54) is 0 Å². The van der Waals surface area contributed by atoms with E-state index in [1.54, 1.807) is 13.8 Å². The highest BCUT2D eigenvalue weighted by Gasteiger charge is 2.19. The minimum Gasteiger partial charge on any atom is -0.434 e. The van der Waals surface area contributed by atoms with Gasteiger partial charge >= 0.3 is 12.1 Å². The van der Waals surface area contributed by atoms with Gasteiger partial charge in [0.2, 0.25) is 0 Å². The smallest absolute Gasteiger partial charge is 0.434 e. The van der Waals surface area contributed by atoms with E-state index in [0.717, 1.165) is 5.56 Å². The van der Waals surface area contributed by atoms with Crippen molar-refractivity contribution >= 4 is 12.1 Å². The number of ether oxygens (including phenoxy) is 2. The molecule has 0 unspecified atom stereocenters. The van der Waals surface area contributed by atoms with Crippen LogP contribution in [-0.4, -0.2) is 18.7 Å². The summed E-state index contributed by atoms with van der Waals surface area (Å²) in [5.41, 5.74) is 1.03. The molecule has 4 nitrogen and oxygen atoms in total. The summed E-state index contributed by atoms with van der Waals surface area (Å²) >= 11 is 0. The van der Waals surface area contributed by atoms with Gasteiger partial charge in [0.05, 0.1) is 12.5 Å². The second-order valence-corrected chi connectivity index (χ2v) is 3.69. The zero-order valence-corrected chi connectivity index (χ0v) is 10.0. The molecule has 0 aromatic heterocycles. The Morgan fingerprint density at radius 1 is 1.24 bits per heavy atom. The summed E-state index contributed by atoms with van der Waals surface area (Å²) in [6.45, 7) is 3.56. The Morgan fingerprint density at radius 3 is 2.47 bits per heavy atom. The number of hydrogen-bond donors (Lipinski definition) is 0. The van der Waals surface area contributed by atoms with Crippen LogP contribution < -0.4 is 0 Å². The monoisotopic (exact) mass is 236 g/mol. The van der Waals surface area contributed by atoms with Gasteiger partial charge in [0, 0.05) is 0 Å². The van der Waals surface area contributed by atoms with Gasteiger partial charge in [-0.15, -0.1) is 0 Å². The van der Waals surface area contributed by atoms with Crippen molar-refractivity contribution in [3.05, 3.63) is 35.9 Å². The zero-order chi connectivity index (χ0) is 12.7. The van der Waals surface area contributed by atoms with E-state index >= 15 is 0 Å². The summed E-state index contributed by atoms with van der Waals surface area (Å²) in [7, 11) is 0. The summed E-state index contributed by atoms with van der Waals surface area (Å²) in [6, 6.07) is 9.56. The van der Waals surface area contributed by atoms with Crippen molar-refractivity contribution in [2.24, 2.45) is 5.92 Å². The van der Waals surface area contributed by atoms with Crippen molar-refractivity contribution in [1.29, 1.82) is 0 Å². The van der Waals surface area contributed by atoms with Crippen molar-refractivity contribution in [3.8, 4) is 0 Å². The molecule has 0 fully saturated rings. The van der Waals surface area contributed by atoms with Crippen LogP contribution in [0, 0.1) is 5.92 Å². The van der Waals surface area contributed by atoms with Crippen LogP contribution in [0.2, 0.25) is 0 Å². The molecule has 4 heteroatoms. The third-order valence-corrected chi connectivity index (χ3v) is 2.23. The first-order valence-electron chi connectivity index (χ1n) is 5.55. The Hall–Kier alpha value is -1.84. The lowest BCUT2D eigenvalue weighted by Crippen LogP contribution is -2.21. The minimum atomic E-state index is -0.933. The topological polar surface area (TPSA) is 52.6 Å². The lowest BCUT2D eigenvalue weighted by molar-refractivity contribution is -0.143. The maximum atomic E-state index is 11.5. The number of rotatable bonds is 4. The standard InChI is InChI=1S/C13H16O4/c1-3-16-13(15)17-12(14)10(2)9-11-7-5-4-6-8-11/h4-8,10H,3,9H2,1-2H3/t10-/m0/s1. The fourth-order valence-electron chi connectivity index (χ4n) is 1.38. The molecule has 0 heterocycles. The van der Waals surface area contributed by atoms with Gasteiger partial charge in [-0.2, -0.15) is 0 Å². The summed E-state index contributed by atoms with van der Waals surface area (Å²) in [5.74, 6) is -0.936. The molecule has 0 saturated heterocycles. The van der Waals surface area contributed by atoms with E-state index in [1.807, 2.05) is 30.3 Å². The van der Waals surface area contributed by atoms with Crippen molar-refractivity contribution < 1.29 is 19.1 Å². The quantitative estimate of drug-likeness (QED) is 0.595. The predicted octanol–water partition coefficient (Wildman–Crippen LogP) is 2.56. The highest BCUT2D eigenvalue weighted by atomic mass is 16.7. The summed E-state index contributed by atoms with van der Waals surface area (Å²) in [6.07, 6.45) is -0.392. The van der Waals surface area contributed by atoms with E-state index in [2.05, 4.69) is 9.47 Å². The van der Waals surface area contributed by atoms with Crippen LogP contribution in [0.15, 0.2) is 30.3 Å². The molecule has 1 rings (SSSR count). The largest absolute Gasteiger partial charge is 0.516 e. The van der Waals surface area contributed by atoms with Gasteiger partial charge in [0.1, 0.15) is 0 Å². The van der Waals surface area contributed by atoms with Gasteiger partial charge in [-0.1, -0.05) is 37.3 Å². The third-order valence-electron chi connectivity index (χ3n) is 2.23. The van der Waals surface area contributed by atoms with Crippen LogP contribution in [-0.2, 0) is 20.7 Å². The predicted molar refractivity (Wildman–Crippen MR) is 62.4 cm³/mol. The number of esters is 1. The molecule has 0 radical (unpaired) electrons. The van der Waals surface area contributed by atoms with E-state index in [0.29, 0.717) is 6.42 Å². The number of benzene rings is 1. The second kappa shape index (κ2) is 6.68. The summed E-state index contributed by atoms with van der Waals surface area (Å²) < 4.78 is 9.06. The molecule has 0 aliphatic rings. The fraction of sp³-hybridized carbons (Fsp3) is 0.385. The summed E-state index contributed by atoms with van der Waals surface area (Å²) in [5, 5.41) is 0. The van der Waals surface area contributed by atoms with Crippen LogP contribution in [0.3, 0.4) is 0 Å². The van der Waals surface area contributed by atoms with Gasteiger partial charge in [-0.3, -0.25) is 4.79 Å². The van der Waals surface area contributed by atoms with E-state index < -0.39 is 12.1 Å². The zero-order valence-electron chi connectivity index (χ0n) is 10.0. The molecule has 1 aromatic carbocycles. The fourth-order valence-corrected chi connectivity index (χ4v) is 1.38. The Labute approximate surface area is 101 Å². The average Bonchev–Trinajstić information content (AvgIpc) is 2.30. The third kappa shape index (κ3) is 4.68. The van der Waals surface area contributed by atoms with Gasteiger partial charge in [0.15, 0.2) is 0 Å². The molecule has 0 aliphatic carbocycles. The van der Waals surface area contributed by atoms with Gasteiger partial charge in [-0.25, -0.2) is 4.79 Å². The first kappa shape index (κ1) is 13.2. The molecule has 92 valence electrons. The Kier molecular flexibility index (Phi) is 5.20. The minimum absolute atomic E-state index is 0.194. The van der Waals surface area contributed by atoms with Crippen molar-refractivity contribution in [3.63, 3.8) is 0 Å². The van der Waals surface area contributed by atoms with Gasteiger partial charge < -0.3 is 9.47 Å². The first-order valence-corrected chi connectivity index (χ1v) is 5.55. The molecule has 0 amide bonds. The molecule has 0 spiro atoms. The highest BCUT2D eigenvalue weighted by Crippen LogP contribution is 2.10. The van der Waals surface area contributed by atoms with Crippen LogP contribution in [0.5, 0.6) is 0 Å². The van der Waals surface area contributed by atoms with Crippen molar-refractivity contribution in [2.45, 2.75) is 20.3 Å². The Balaban J connectivity index is 2.45.